The molecule has 0 aromatic carbocycles. The molecule has 0 amide bonds. The van der Waals surface area contributed by atoms with Gasteiger partial charge in [-0.2, -0.15) is 0 Å². The van der Waals surface area contributed by atoms with Crippen molar-refractivity contribution in [3.8, 4) is 0 Å². The highest BCUT2D eigenvalue weighted by Gasteiger charge is 2.35. The normalized spacial score (nSPS) is 37.7. The molecule has 2 aliphatic rings. The van der Waals surface area contributed by atoms with Gasteiger partial charge in [0.2, 0.25) is 0 Å². The highest BCUT2D eigenvalue weighted by Crippen LogP contribution is 2.27. The molecular formula is C16H32N2O. The van der Waals surface area contributed by atoms with E-state index in [-0.39, 0.29) is 0 Å². The van der Waals surface area contributed by atoms with Crippen molar-refractivity contribution in [2.75, 3.05) is 26.2 Å². The molecule has 4 atom stereocenters. The molecule has 0 bridgehead atoms. The van der Waals surface area contributed by atoms with Crippen molar-refractivity contribution < 1.29 is 4.74 Å². The molecule has 0 aromatic rings. The minimum atomic E-state index is 0.342. The molecule has 2 fully saturated rings. The molecule has 2 rings (SSSR count). The van der Waals surface area contributed by atoms with Gasteiger partial charge in [-0.15, -0.1) is 0 Å². The molecule has 3 heteroatoms. The summed E-state index contributed by atoms with van der Waals surface area (Å²) in [6.07, 6.45) is 2.92. The summed E-state index contributed by atoms with van der Waals surface area (Å²) >= 11 is 0. The minimum absolute atomic E-state index is 0.342. The van der Waals surface area contributed by atoms with E-state index in [4.69, 9.17) is 4.74 Å². The average molecular weight is 268 g/mol. The van der Waals surface area contributed by atoms with Gasteiger partial charge >= 0.3 is 0 Å². The van der Waals surface area contributed by atoms with E-state index in [0.29, 0.717) is 23.6 Å². The lowest BCUT2D eigenvalue weighted by atomic mass is 9.84. The smallest absolute Gasteiger partial charge is 0.0588 e. The quantitative estimate of drug-likeness (QED) is 0.851. The largest absolute Gasteiger partial charge is 0.378 e. The van der Waals surface area contributed by atoms with E-state index in [1.54, 1.807) is 0 Å². The zero-order valence-corrected chi connectivity index (χ0v) is 13.4. The third kappa shape index (κ3) is 3.71. The fourth-order valence-electron chi connectivity index (χ4n) is 3.38. The van der Waals surface area contributed by atoms with Gasteiger partial charge in [-0.1, -0.05) is 27.7 Å². The van der Waals surface area contributed by atoms with Gasteiger partial charge in [0.1, 0.15) is 0 Å². The van der Waals surface area contributed by atoms with Crippen LogP contribution >= 0.6 is 0 Å². The van der Waals surface area contributed by atoms with Gasteiger partial charge in [-0.25, -0.2) is 0 Å². The van der Waals surface area contributed by atoms with Crippen molar-refractivity contribution in [1.29, 1.82) is 0 Å². The standard InChI is InChI=1S/C16H32N2O/c1-6-14-9-17-15(16(3,4)5)11-18(14)10-13-7-8-19-12(13)2/h12-15,17H,6-11H2,1-5H3. The Morgan fingerprint density at radius 3 is 2.58 bits per heavy atom. The summed E-state index contributed by atoms with van der Waals surface area (Å²) in [5, 5.41) is 3.75. The number of nitrogens with zero attached hydrogens (tertiary/aromatic N) is 1. The second-order valence-electron chi connectivity index (χ2n) is 7.47. The van der Waals surface area contributed by atoms with E-state index in [9.17, 15) is 0 Å². The van der Waals surface area contributed by atoms with Gasteiger partial charge in [0.25, 0.3) is 0 Å². The predicted molar refractivity (Wildman–Crippen MR) is 80.4 cm³/mol. The van der Waals surface area contributed by atoms with Crippen LogP contribution in [-0.4, -0.2) is 49.3 Å². The van der Waals surface area contributed by atoms with Crippen LogP contribution in [0.5, 0.6) is 0 Å². The molecule has 3 nitrogen and oxygen atoms in total. The Morgan fingerprint density at radius 2 is 2.05 bits per heavy atom. The van der Waals surface area contributed by atoms with Gasteiger partial charge in [0.15, 0.2) is 0 Å². The molecule has 0 radical (unpaired) electrons. The van der Waals surface area contributed by atoms with E-state index in [2.05, 4.69) is 44.8 Å². The van der Waals surface area contributed by atoms with Crippen molar-refractivity contribution in [3.05, 3.63) is 0 Å². The SMILES string of the molecule is CCC1CNC(C(C)(C)C)CN1CC1CCOC1C. The van der Waals surface area contributed by atoms with Crippen molar-refractivity contribution >= 4 is 0 Å². The van der Waals surface area contributed by atoms with E-state index >= 15 is 0 Å². The molecule has 112 valence electrons. The molecule has 2 saturated heterocycles. The molecule has 0 spiro atoms. The lowest BCUT2D eigenvalue weighted by Gasteiger charge is -2.46. The maximum absolute atomic E-state index is 5.73. The van der Waals surface area contributed by atoms with E-state index in [1.165, 1.54) is 25.9 Å². The maximum Gasteiger partial charge on any atom is 0.0588 e. The topological polar surface area (TPSA) is 24.5 Å². The van der Waals surface area contributed by atoms with Crippen LogP contribution in [0.15, 0.2) is 0 Å². The zero-order chi connectivity index (χ0) is 14.0. The first-order valence-corrected chi connectivity index (χ1v) is 8.00. The van der Waals surface area contributed by atoms with Crippen molar-refractivity contribution in [1.82, 2.24) is 10.2 Å². The summed E-state index contributed by atoms with van der Waals surface area (Å²) in [7, 11) is 0. The first kappa shape index (κ1) is 15.3. The number of rotatable bonds is 3. The molecule has 0 aromatic heterocycles. The summed E-state index contributed by atoms with van der Waals surface area (Å²) in [5.74, 6) is 0.729. The Bertz CT molecular complexity index is 285. The Balaban J connectivity index is 1.97. The molecule has 2 heterocycles. The van der Waals surface area contributed by atoms with E-state index in [0.717, 1.165) is 19.1 Å². The van der Waals surface area contributed by atoms with Crippen LogP contribution in [-0.2, 0) is 4.74 Å². The third-order valence-electron chi connectivity index (χ3n) is 5.05. The van der Waals surface area contributed by atoms with E-state index in [1.807, 2.05) is 0 Å². The summed E-state index contributed by atoms with van der Waals surface area (Å²) in [5.41, 5.74) is 0.342. The summed E-state index contributed by atoms with van der Waals surface area (Å²) in [4.78, 5) is 2.72. The highest BCUT2D eigenvalue weighted by atomic mass is 16.5. The second kappa shape index (κ2) is 6.11. The predicted octanol–water partition coefficient (Wildman–Crippen LogP) is 2.51. The summed E-state index contributed by atoms with van der Waals surface area (Å²) < 4.78 is 5.73. The van der Waals surface area contributed by atoms with Gasteiger partial charge < -0.3 is 10.1 Å². The van der Waals surface area contributed by atoms with Crippen molar-refractivity contribution in [2.24, 2.45) is 11.3 Å². The fraction of sp³-hybridized carbons (Fsp3) is 1.00. The molecular weight excluding hydrogens is 236 g/mol. The van der Waals surface area contributed by atoms with Crippen LogP contribution in [0.4, 0.5) is 0 Å². The number of hydrogen-bond donors (Lipinski definition) is 1. The fourth-order valence-corrected chi connectivity index (χ4v) is 3.38. The van der Waals surface area contributed by atoms with Crippen LogP contribution in [0.25, 0.3) is 0 Å². The van der Waals surface area contributed by atoms with Gasteiger partial charge in [-0.3, -0.25) is 4.90 Å². The highest BCUT2D eigenvalue weighted by molar-refractivity contribution is 4.92. The molecule has 0 aliphatic carbocycles. The van der Waals surface area contributed by atoms with Crippen molar-refractivity contribution in [3.63, 3.8) is 0 Å². The van der Waals surface area contributed by atoms with Crippen LogP contribution in [0.3, 0.4) is 0 Å². The van der Waals surface area contributed by atoms with Crippen LogP contribution in [0.1, 0.15) is 47.5 Å². The van der Waals surface area contributed by atoms with Gasteiger partial charge in [0.05, 0.1) is 6.10 Å². The maximum atomic E-state index is 5.73. The lowest BCUT2D eigenvalue weighted by Crippen LogP contribution is -2.61. The second-order valence-corrected chi connectivity index (χ2v) is 7.47. The minimum Gasteiger partial charge on any atom is -0.378 e. The Kier molecular flexibility index (Phi) is 4.91. The van der Waals surface area contributed by atoms with Crippen LogP contribution < -0.4 is 5.32 Å². The first-order valence-electron chi connectivity index (χ1n) is 8.00. The average Bonchev–Trinajstić information content (AvgIpc) is 2.74. The Labute approximate surface area is 119 Å². The number of ether oxygens (including phenoxy) is 1. The van der Waals surface area contributed by atoms with Gasteiger partial charge in [0, 0.05) is 38.3 Å². The third-order valence-corrected chi connectivity index (χ3v) is 5.05. The first-order chi connectivity index (χ1) is 8.91. The summed E-state index contributed by atoms with van der Waals surface area (Å²) in [6.45, 7) is 16.1. The molecule has 1 N–H and O–H groups in total. The van der Waals surface area contributed by atoms with Crippen molar-refractivity contribution in [2.45, 2.75) is 65.6 Å². The van der Waals surface area contributed by atoms with E-state index < -0.39 is 0 Å². The lowest BCUT2D eigenvalue weighted by molar-refractivity contribution is 0.0485. The Hall–Kier alpha value is -0.120. The Morgan fingerprint density at radius 1 is 1.32 bits per heavy atom. The number of nitrogens with one attached hydrogen (secondary N) is 1. The molecule has 2 aliphatic heterocycles. The number of piperazine rings is 1. The van der Waals surface area contributed by atoms with Gasteiger partial charge in [-0.05, 0) is 31.1 Å². The molecule has 4 unspecified atom stereocenters. The molecule has 0 saturated carbocycles. The zero-order valence-electron chi connectivity index (χ0n) is 13.4. The van der Waals surface area contributed by atoms with Crippen LogP contribution in [0.2, 0.25) is 0 Å². The molecule has 19 heavy (non-hydrogen) atoms. The monoisotopic (exact) mass is 268 g/mol. The number of hydrogen-bond acceptors (Lipinski definition) is 3. The summed E-state index contributed by atoms with van der Waals surface area (Å²) in [6, 6.07) is 1.30. The van der Waals surface area contributed by atoms with Crippen LogP contribution in [0, 0.1) is 11.3 Å².